The molecule has 7 heteroatoms. The van der Waals surface area contributed by atoms with E-state index in [9.17, 15) is 14.9 Å². The molecule has 0 atom stereocenters. The molecule has 27 heavy (non-hydrogen) atoms. The van der Waals surface area contributed by atoms with Gasteiger partial charge in [-0.05, 0) is 23.1 Å². The van der Waals surface area contributed by atoms with Gasteiger partial charge < -0.3 is 0 Å². The Bertz CT molecular complexity index is 1140. The standard InChI is InChI=1S/C20H12N2O3S2/c23-19-18(12-13-5-3-8-15(11-13)22(24)25)27-20(26)21(19)17-10-4-7-14-6-1-2-9-16(14)17/h1-12H/b18-12-. The van der Waals surface area contributed by atoms with Gasteiger partial charge in [0.1, 0.15) is 0 Å². The normalized spacial score (nSPS) is 15.7. The van der Waals surface area contributed by atoms with E-state index in [-0.39, 0.29) is 11.6 Å². The van der Waals surface area contributed by atoms with E-state index in [2.05, 4.69) is 0 Å². The van der Waals surface area contributed by atoms with E-state index >= 15 is 0 Å². The molecule has 5 nitrogen and oxygen atoms in total. The monoisotopic (exact) mass is 392 g/mol. The van der Waals surface area contributed by atoms with Gasteiger partial charge in [0.25, 0.3) is 11.6 Å². The lowest BCUT2D eigenvalue weighted by Gasteiger charge is -2.17. The van der Waals surface area contributed by atoms with Crippen LogP contribution in [0, 0.1) is 10.1 Å². The first-order valence-corrected chi connectivity index (χ1v) is 9.27. The molecule has 0 spiro atoms. The van der Waals surface area contributed by atoms with Gasteiger partial charge in [0.2, 0.25) is 0 Å². The number of hydrogen-bond donors (Lipinski definition) is 0. The second-order valence-electron chi connectivity index (χ2n) is 5.87. The van der Waals surface area contributed by atoms with Crippen molar-refractivity contribution >= 4 is 62.4 Å². The molecular weight excluding hydrogens is 380 g/mol. The highest BCUT2D eigenvalue weighted by atomic mass is 32.2. The Morgan fingerprint density at radius 1 is 1.04 bits per heavy atom. The number of carbonyl (C=O) groups is 1. The SMILES string of the molecule is O=C1/C(=C/c2cccc([N+](=O)[O-])c2)SC(=S)N1c1cccc2ccccc12. The van der Waals surface area contributed by atoms with Crippen LogP contribution in [0.1, 0.15) is 5.56 Å². The van der Waals surface area contributed by atoms with Gasteiger partial charge in [-0.1, -0.05) is 72.5 Å². The number of rotatable bonds is 3. The number of carbonyl (C=O) groups excluding carboxylic acids is 1. The Morgan fingerprint density at radius 2 is 1.78 bits per heavy atom. The summed E-state index contributed by atoms with van der Waals surface area (Å²) in [7, 11) is 0. The van der Waals surface area contributed by atoms with Gasteiger partial charge in [-0.15, -0.1) is 0 Å². The molecule has 1 amide bonds. The van der Waals surface area contributed by atoms with Crippen molar-refractivity contribution in [3.05, 3.63) is 87.3 Å². The lowest BCUT2D eigenvalue weighted by atomic mass is 10.1. The Kier molecular flexibility index (Phi) is 4.47. The van der Waals surface area contributed by atoms with E-state index in [4.69, 9.17) is 12.2 Å². The topological polar surface area (TPSA) is 63.4 Å². The summed E-state index contributed by atoms with van der Waals surface area (Å²) in [5.41, 5.74) is 1.30. The molecule has 0 bridgehead atoms. The molecule has 1 heterocycles. The molecule has 0 N–H and O–H groups in total. The van der Waals surface area contributed by atoms with Crippen molar-refractivity contribution in [2.75, 3.05) is 4.90 Å². The molecule has 132 valence electrons. The van der Waals surface area contributed by atoms with Crippen LogP contribution >= 0.6 is 24.0 Å². The Labute approximate surface area is 164 Å². The van der Waals surface area contributed by atoms with Crippen molar-refractivity contribution in [1.29, 1.82) is 0 Å². The van der Waals surface area contributed by atoms with Crippen molar-refractivity contribution in [1.82, 2.24) is 0 Å². The third-order valence-corrected chi connectivity index (χ3v) is 5.48. The maximum absolute atomic E-state index is 13.0. The molecule has 3 aromatic carbocycles. The van der Waals surface area contributed by atoms with Gasteiger partial charge in [-0.25, -0.2) is 0 Å². The minimum absolute atomic E-state index is 0.0201. The number of nitro groups is 1. The molecule has 1 aliphatic rings. The van der Waals surface area contributed by atoms with Crippen LogP contribution in [0.4, 0.5) is 11.4 Å². The summed E-state index contributed by atoms with van der Waals surface area (Å²) in [4.78, 5) is 25.4. The lowest BCUT2D eigenvalue weighted by Crippen LogP contribution is -2.27. The predicted molar refractivity (Wildman–Crippen MR) is 113 cm³/mol. The van der Waals surface area contributed by atoms with Gasteiger partial charge in [0.15, 0.2) is 4.32 Å². The molecule has 1 saturated heterocycles. The first kappa shape index (κ1) is 17.4. The molecular formula is C20H12N2O3S2. The smallest absolute Gasteiger partial charge is 0.268 e. The van der Waals surface area contributed by atoms with E-state index in [0.717, 1.165) is 16.5 Å². The highest BCUT2D eigenvalue weighted by molar-refractivity contribution is 8.27. The summed E-state index contributed by atoms with van der Waals surface area (Å²) in [5.74, 6) is -0.229. The van der Waals surface area contributed by atoms with Crippen LogP contribution in [0.25, 0.3) is 16.8 Å². The minimum atomic E-state index is -0.460. The second-order valence-corrected chi connectivity index (χ2v) is 7.54. The first-order valence-electron chi connectivity index (χ1n) is 8.05. The first-order chi connectivity index (χ1) is 13.0. The maximum Gasteiger partial charge on any atom is 0.270 e. The zero-order valence-electron chi connectivity index (χ0n) is 13.9. The summed E-state index contributed by atoms with van der Waals surface area (Å²) in [6.07, 6.45) is 1.64. The highest BCUT2D eigenvalue weighted by Crippen LogP contribution is 2.39. The number of nitrogens with zero attached hydrogens (tertiary/aromatic N) is 2. The van der Waals surface area contributed by atoms with Crippen LogP contribution in [0.2, 0.25) is 0 Å². The molecule has 0 aliphatic carbocycles. The molecule has 1 fully saturated rings. The maximum atomic E-state index is 13.0. The summed E-state index contributed by atoms with van der Waals surface area (Å²) >= 11 is 6.64. The van der Waals surface area contributed by atoms with E-state index < -0.39 is 4.92 Å². The second kappa shape index (κ2) is 6.94. The molecule has 3 aromatic rings. The Hall–Kier alpha value is -3.03. The minimum Gasteiger partial charge on any atom is -0.268 e. The largest absolute Gasteiger partial charge is 0.270 e. The Morgan fingerprint density at radius 3 is 2.59 bits per heavy atom. The van der Waals surface area contributed by atoms with Gasteiger partial charge in [0.05, 0.1) is 15.5 Å². The number of hydrogen-bond acceptors (Lipinski definition) is 5. The number of anilines is 1. The van der Waals surface area contributed by atoms with Crippen molar-refractivity contribution in [3.8, 4) is 0 Å². The van der Waals surface area contributed by atoms with Crippen LogP contribution in [0.15, 0.2) is 71.6 Å². The summed E-state index contributed by atoms with van der Waals surface area (Å²) in [5, 5.41) is 12.9. The van der Waals surface area contributed by atoms with Crippen molar-refractivity contribution in [2.45, 2.75) is 0 Å². The third kappa shape index (κ3) is 3.22. The number of amides is 1. The van der Waals surface area contributed by atoms with Crippen LogP contribution < -0.4 is 4.90 Å². The zero-order chi connectivity index (χ0) is 19.0. The van der Waals surface area contributed by atoms with Crippen LogP contribution in [0.3, 0.4) is 0 Å². The van der Waals surface area contributed by atoms with E-state index in [1.54, 1.807) is 18.2 Å². The number of benzene rings is 3. The Balaban J connectivity index is 1.74. The number of thiocarbonyl (C=S) groups is 1. The fraction of sp³-hybridized carbons (Fsp3) is 0. The summed E-state index contributed by atoms with van der Waals surface area (Å²) < 4.78 is 0.438. The molecule has 0 unspecified atom stereocenters. The lowest BCUT2D eigenvalue weighted by molar-refractivity contribution is -0.384. The van der Waals surface area contributed by atoms with Crippen LogP contribution in [-0.2, 0) is 4.79 Å². The van der Waals surface area contributed by atoms with Crippen LogP contribution in [0.5, 0.6) is 0 Å². The van der Waals surface area contributed by atoms with Gasteiger partial charge in [-0.2, -0.15) is 0 Å². The van der Waals surface area contributed by atoms with Gasteiger partial charge >= 0.3 is 0 Å². The number of fused-ring (bicyclic) bond motifs is 1. The predicted octanol–water partition coefficient (Wildman–Crippen LogP) is 5.15. The summed E-state index contributed by atoms with van der Waals surface area (Å²) in [6.45, 7) is 0. The molecule has 0 radical (unpaired) electrons. The molecule has 4 rings (SSSR count). The quantitative estimate of drug-likeness (QED) is 0.267. The van der Waals surface area contributed by atoms with Gasteiger partial charge in [0, 0.05) is 17.5 Å². The zero-order valence-corrected chi connectivity index (χ0v) is 15.5. The highest BCUT2D eigenvalue weighted by Gasteiger charge is 2.34. The van der Waals surface area contributed by atoms with E-state index in [1.165, 1.54) is 28.8 Å². The van der Waals surface area contributed by atoms with E-state index in [0.29, 0.717) is 14.8 Å². The molecule has 0 saturated carbocycles. The average Bonchev–Trinajstić information content (AvgIpc) is 2.94. The third-order valence-electron chi connectivity index (χ3n) is 4.18. The fourth-order valence-corrected chi connectivity index (χ4v) is 4.24. The molecule has 1 aliphatic heterocycles. The van der Waals surface area contributed by atoms with Crippen molar-refractivity contribution in [2.24, 2.45) is 0 Å². The van der Waals surface area contributed by atoms with Crippen LogP contribution in [-0.4, -0.2) is 15.2 Å². The number of nitro benzene ring substituents is 1. The van der Waals surface area contributed by atoms with E-state index in [1.807, 2.05) is 42.5 Å². The number of thioether (sulfide) groups is 1. The van der Waals surface area contributed by atoms with Crippen molar-refractivity contribution < 1.29 is 9.72 Å². The number of non-ortho nitro benzene ring substituents is 1. The van der Waals surface area contributed by atoms with Crippen molar-refractivity contribution in [3.63, 3.8) is 0 Å². The average molecular weight is 392 g/mol. The van der Waals surface area contributed by atoms with Gasteiger partial charge in [-0.3, -0.25) is 19.8 Å². The fourth-order valence-electron chi connectivity index (χ4n) is 2.96. The molecule has 0 aromatic heterocycles. The summed E-state index contributed by atoms with van der Waals surface area (Å²) in [6, 6.07) is 19.7.